The third-order valence-electron chi connectivity index (χ3n) is 6.81. The van der Waals surface area contributed by atoms with E-state index >= 15 is 0 Å². The zero-order chi connectivity index (χ0) is 21.8. The van der Waals surface area contributed by atoms with Crippen LogP contribution in [0.5, 0.6) is 0 Å². The Labute approximate surface area is 186 Å². The van der Waals surface area contributed by atoms with Gasteiger partial charge in [-0.15, -0.1) is 0 Å². The second-order valence-electron chi connectivity index (χ2n) is 8.98. The Morgan fingerprint density at radius 3 is 2.48 bits per heavy atom. The molecular formula is C27H32N2O2. The number of hydrogen-bond donors (Lipinski definition) is 1. The quantitative estimate of drug-likeness (QED) is 0.769. The fraction of sp³-hybridized carbons (Fsp3) is 0.444. The Kier molecular flexibility index (Phi) is 6.46. The first kappa shape index (κ1) is 21.6. The Morgan fingerprint density at radius 1 is 1.13 bits per heavy atom. The van der Waals surface area contributed by atoms with Crippen LogP contribution < -0.4 is 5.32 Å². The van der Waals surface area contributed by atoms with E-state index in [2.05, 4.69) is 46.3 Å². The molecule has 31 heavy (non-hydrogen) atoms. The van der Waals surface area contributed by atoms with Crippen LogP contribution in [0.4, 0.5) is 0 Å². The lowest BCUT2D eigenvalue weighted by Crippen LogP contribution is -2.50. The number of carbonyl (C=O) groups excluding carboxylic acids is 1. The van der Waals surface area contributed by atoms with Crippen molar-refractivity contribution >= 4 is 5.91 Å². The summed E-state index contributed by atoms with van der Waals surface area (Å²) in [5.41, 5.74) is 3.54. The number of piperidine rings is 1. The maximum Gasteiger partial charge on any atom is 0.223 e. The molecule has 1 saturated heterocycles. The van der Waals surface area contributed by atoms with Crippen molar-refractivity contribution in [1.82, 2.24) is 10.2 Å². The van der Waals surface area contributed by atoms with Gasteiger partial charge >= 0.3 is 0 Å². The lowest BCUT2D eigenvalue weighted by atomic mass is 9.72. The van der Waals surface area contributed by atoms with E-state index in [9.17, 15) is 4.79 Å². The van der Waals surface area contributed by atoms with Gasteiger partial charge in [0.2, 0.25) is 5.91 Å². The lowest BCUT2D eigenvalue weighted by Gasteiger charge is -2.43. The molecule has 1 fully saturated rings. The van der Waals surface area contributed by atoms with Gasteiger partial charge in [-0.1, -0.05) is 68.2 Å². The number of fused-ring (bicyclic) bond motifs is 2. The van der Waals surface area contributed by atoms with Crippen molar-refractivity contribution in [1.29, 1.82) is 0 Å². The summed E-state index contributed by atoms with van der Waals surface area (Å²) >= 11 is 0. The Hall–Kier alpha value is -2.61. The summed E-state index contributed by atoms with van der Waals surface area (Å²) in [5, 5.41) is 3.27. The Morgan fingerprint density at radius 2 is 1.81 bits per heavy atom. The van der Waals surface area contributed by atoms with Crippen LogP contribution in [0.1, 0.15) is 49.4 Å². The van der Waals surface area contributed by atoms with Gasteiger partial charge in [0.15, 0.2) is 0 Å². The first-order valence-corrected chi connectivity index (χ1v) is 11.2. The normalized spacial score (nSPS) is 22.1. The minimum absolute atomic E-state index is 0.0498. The topological polar surface area (TPSA) is 41.6 Å². The summed E-state index contributed by atoms with van der Waals surface area (Å²) in [7, 11) is 1.78. The highest BCUT2D eigenvalue weighted by Gasteiger charge is 2.53. The molecule has 2 aromatic carbocycles. The number of nitrogens with zero attached hydrogens (tertiary/aromatic N) is 1. The van der Waals surface area contributed by atoms with Crippen LogP contribution in [0.25, 0.3) is 0 Å². The van der Waals surface area contributed by atoms with Crippen molar-refractivity contribution in [3.63, 3.8) is 0 Å². The third kappa shape index (κ3) is 4.26. The van der Waals surface area contributed by atoms with Crippen LogP contribution in [-0.2, 0) is 14.9 Å². The van der Waals surface area contributed by atoms with E-state index in [0.29, 0.717) is 0 Å². The highest BCUT2D eigenvalue weighted by atomic mass is 16.5. The fourth-order valence-corrected chi connectivity index (χ4v) is 5.13. The molecule has 1 aliphatic carbocycles. The number of likely N-dealkylation sites (tertiary alicyclic amines) is 1. The van der Waals surface area contributed by atoms with E-state index in [0.717, 1.165) is 38.0 Å². The molecule has 0 bridgehead atoms. The minimum atomic E-state index is -0.0967. The average Bonchev–Trinajstić information content (AvgIpc) is 3.04. The minimum Gasteiger partial charge on any atom is -0.378 e. The molecule has 0 saturated carbocycles. The standard InChI is InChI=1S/C27H32N2O2/c1-20(2)26(30)28-24-22-13-7-8-14-23(22)27(25(24)31-3)15-18-29(19-16-27)17-9-12-21-10-5-4-6-11-21/h4-8,10-11,13-14,20,24-25H,15-19H2,1-3H3,(H,28,30)/t24-,25+/m0/s1. The summed E-state index contributed by atoms with van der Waals surface area (Å²) in [6.07, 6.45) is 1.96. The van der Waals surface area contributed by atoms with Gasteiger partial charge in [-0.25, -0.2) is 0 Å². The first-order chi connectivity index (χ1) is 15.0. The number of nitrogens with one attached hydrogen (secondary N) is 1. The van der Waals surface area contributed by atoms with Crippen molar-refractivity contribution in [2.75, 3.05) is 26.7 Å². The van der Waals surface area contributed by atoms with Crippen LogP contribution >= 0.6 is 0 Å². The number of rotatable bonds is 4. The third-order valence-corrected chi connectivity index (χ3v) is 6.81. The molecule has 2 atom stereocenters. The van der Waals surface area contributed by atoms with Gasteiger partial charge in [-0.2, -0.15) is 0 Å². The molecule has 2 aliphatic rings. The van der Waals surface area contributed by atoms with Gasteiger partial charge in [0, 0.05) is 37.1 Å². The molecule has 0 aromatic heterocycles. The van der Waals surface area contributed by atoms with Crippen LogP contribution in [0.3, 0.4) is 0 Å². The molecule has 1 heterocycles. The summed E-state index contributed by atoms with van der Waals surface area (Å²) in [6, 6.07) is 18.6. The van der Waals surface area contributed by atoms with Crippen molar-refractivity contribution in [3.05, 3.63) is 71.3 Å². The van der Waals surface area contributed by atoms with Crippen LogP contribution in [-0.4, -0.2) is 43.7 Å². The smallest absolute Gasteiger partial charge is 0.223 e. The average molecular weight is 417 g/mol. The molecule has 1 aliphatic heterocycles. The number of ether oxygens (including phenoxy) is 1. The number of amides is 1. The van der Waals surface area contributed by atoms with Crippen LogP contribution in [0, 0.1) is 17.8 Å². The van der Waals surface area contributed by atoms with E-state index in [1.54, 1.807) is 7.11 Å². The molecule has 162 valence electrons. The molecule has 1 amide bonds. The predicted molar refractivity (Wildman–Crippen MR) is 124 cm³/mol. The molecule has 4 heteroatoms. The molecule has 1 spiro atoms. The van der Waals surface area contributed by atoms with Gasteiger partial charge in [-0.05, 0) is 36.1 Å². The van der Waals surface area contributed by atoms with Crippen LogP contribution in [0.15, 0.2) is 54.6 Å². The number of benzene rings is 2. The molecule has 1 N–H and O–H groups in total. The van der Waals surface area contributed by atoms with E-state index in [1.807, 2.05) is 44.2 Å². The van der Waals surface area contributed by atoms with Crippen molar-refractivity contribution in [2.45, 2.75) is 44.2 Å². The van der Waals surface area contributed by atoms with E-state index < -0.39 is 0 Å². The second kappa shape index (κ2) is 9.26. The monoisotopic (exact) mass is 416 g/mol. The summed E-state index contributed by atoms with van der Waals surface area (Å²) in [5.74, 6) is 6.62. The van der Waals surface area contributed by atoms with Gasteiger partial charge in [0.05, 0.1) is 18.7 Å². The Balaban J connectivity index is 1.51. The zero-order valence-corrected chi connectivity index (χ0v) is 18.7. The van der Waals surface area contributed by atoms with Gasteiger partial charge < -0.3 is 10.1 Å². The Bertz CT molecular complexity index is 965. The van der Waals surface area contributed by atoms with Crippen molar-refractivity contribution in [3.8, 4) is 11.8 Å². The van der Waals surface area contributed by atoms with E-state index in [1.165, 1.54) is 11.1 Å². The van der Waals surface area contributed by atoms with Gasteiger partial charge in [0.25, 0.3) is 0 Å². The second-order valence-corrected chi connectivity index (χ2v) is 8.98. The first-order valence-electron chi connectivity index (χ1n) is 11.2. The molecule has 4 nitrogen and oxygen atoms in total. The van der Waals surface area contributed by atoms with E-state index in [4.69, 9.17) is 4.74 Å². The van der Waals surface area contributed by atoms with Crippen molar-refractivity contribution < 1.29 is 9.53 Å². The molecule has 2 aromatic rings. The molecular weight excluding hydrogens is 384 g/mol. The zero-order valence-electron chi connectivity index (χ0n) is 18.7. The lowest BCUT2D eigenvalue weighted by molar-refractivity contribution is -0.126. The van der Waals surface area contributed by atoms with Gasteiger partial charge in [0.1, 0.15) is 0 Å². The van der Waals surface area contributed by atoms with E-state index in [-0.39, 0.29) is 29.4 Å². The molecule has 4 rings (SSSR count). The highest BCUT2D eigenvalue weighted by molar-refractivity contribution is 5.78. The molecule has 0 unspecified atom stereocenters. The maximum atomic E-state index is 12.5. The number of carbonyl (C=O) groups is 1. The summed E-state index contributed by atoms with van der Waals surface area (Å²) in [6.45, 7) is 6.59. The van der Waals surface area contributed by atoms with Crippen LogP contribution in [0.2, 0.25) is 0 Å². The SMILES string of the molecule is CO[C@@H]1[C@@H](NC(=O)C(C)C)c2ccccc2C12CCN(CC#Cc1ccccc1)CC2. The van der Waals surface area contributed by atoms with Gasteiger partial charge in [-0.3, -0.25) is 9.69 Å². The predicted octanol–water partition coefficient (Wildman–Crippen LogP) is 3.91. The summed E-state index contributed by atoms with van der Waals surface area (Å²) in [4.78, 5) is 15.0. The van der Waals surface area contributed by atoms with Crippen molar-refractivity contribution in [2.24, 2.45) is 5.92 Å². The highest BCUT2D eigenvalue weighted by Crippen LogP contribution is 2.52. The summed E-state index contributed by atoms with van der Waals surface area (Å²) < 4.78 is 6.09. The number of hydrogen-bond acceptors (Lipinski definition) is 3. The molecule has 0 radical (unpaired) electrons. The number of methoxy groups -OCH3 is 1. The fourth-order valence-electron chi connectivity index (χ4n) is 5.13. The maximum absolute atomic E-state index is 12.5. The largest absolute Gasteiger partial charge is 0.378 e.